The minimum absolute atomic E-state index is 0.0940. The first-order valence-electron chi connectivity index (χ1n) is 8.23. The number of ether oxygens (including phenoxy) is 1. The predicted octanol–water partition coefficient (Wildman–Crippen LogP) is 2.93. The third kappa shape index (κ3) is 4.73. The molecule has 0 aromatic rings. The van der Waals surface area contributed by atoms with Crippen molar-refractivity contribution >= 4 is 0 Å². The van der Waals surface area contributed by atoms with Crippen LogP contribution in [-0.2, 0) is 4.74 Å². The lowest BCUT2D eigenvalue weighted by molar-refractivity contribution is -0.0359. The zero-order valence-corrected chi connectivity index (χ0v) is 12.9. The highest BCUT2D eigenvalue weighted by atomic mass is 16.5. The second-order valence-corrected chi connectivity index (χ2v) is 6.97. The molecule has 19 heavy (non-hydrogen) atoms. The lowest BCUT2D eigenvalue weighted by Crippen LogP contribution is -2.43. The molecular formula is C16H32N2O. The van der Waals surface area contributed by atoms with Crippen molar-refractivity contribution in [2.45, 2.75) is 83.0 Å². The molecule has 1 atom stereocenters. The van der Waals surface area contributed by atoms with Gasteiger partial charge in [0, 0.05) is 12.6 Å². The summed E-state index contributed by atoms with van der Waals surface area (Å²) in [5.74, 6) is 0. The molecule has 1 aliphatic heterocycles. The van der Waals surface area contributed by atoms with Crippen molar-refractivity contribution in [2.75, 3.05) is 19.6 Å². The van der Waals surface area contributed by atoms with Crippen LogP contribution in [0.4, 0.5) is 0 Å². The van der Waals surface area contributed by atoms with Crippen molar-refractivity contribution in [3.05, 3.63) is 0 Å². The van der Waals surface area contributed by atoms with E-state index in [-0.39, 0.29) is 5.60 Å². The monoisotopic (exact) mass is 268 g/mol. The molecule has 112 valence electrons. The SMILES string of the molecule is CC1(C)CCC(CN(CCCN)C2CCCCC2)O1. The van der Waals surface area contributed by atoms with Gasteiger partial charge in [0.05, 0.1) is 11.7 Å². The number of hydrogen-bond acceptors (Lipinski definition) is 3. The molecule has 2 aliphatic rings. The van der Waals surface area contributed by atoms with Gasteiger partial charge in [-0.15, -0.1) is 0 Å². The summed E-state index contributed by atoms with van der Waals surface area (Å²) in [5, 5.41) is 0. The minimum Gasteiger partial charge on any atom is -0.371 e. The first-order chi connectivity index (χ1) is 9.11. The molecule has 0 aromatic carbocycles. The van der Waals surface area contributed by atoms with Gasteiger partial charge in [-0.05, 0) is 59.0 Å². The van der Waals surface area contributed by atoms with Gasteiger partial charge in [-0.1, -0.05) is 19.3 Å². The van der Waals surface area contributed by atoms with Crippen LogP contribution in [0.1, 0.15) is 65.2 Å². The molecule has 0 spiro atoms. The normalized spacial score (nSPS) is 28.1. The highest BCUT2D eigenvalue weighted by Crippen LogP contribution is 2.31. The molecule has 0 bridgehead atoms. The molecule has 0 amide bonds. The summed E-state index contributed by atoms with van der Waals surface area (Å²) in [5.41, 5.74) is 5.79. The average molecular weight is 268 g/mol. The summed E-state index contributed by atoms with van der Waals surface area (Å²) in [6.45, 7) is 7.52. The van der Waals surface area contributed by atoms with Crippen LogP contribution in [0.2, 0.25) is 0 Å². The summed E-state index contributed by atoms with van der Waals surface area (Å²) in [6, 6.07) is 0.785. The summed E-state index contributed by atoms with van der Waals surface area (Å²) >= 11 is 0. The lowest BCUT2D eigenvalue weighted by atomic mass is 9.93. The van der Waals surface area contributed by atoms with Gasteiger partial charge >= 0.3 is 0 Å². The van der Waals surface area contributed by atoms with Crippen LogP contribution >= 0.6 is 0 Å². The van der Waals surface area contributed by atoms with Gasteiger partial charge < -0.3 is 10.5 Å². The Kier molecular flexibility index (Phi) is 5.67. The molecule has 1 unspecified atom stereocenters. The van der Waals surface area contributed by atoms with E-state index in [0.717, 1.165) is 32.1 Å². The Morgan fingerprint density at radius 1 is 1.16 bits per heavy atom. The van der Waals surface area contributed by atoms with Crippen molar-refractivity contribution in [3.8, 4) is 0 Å². The van der Waals surface area contributed by atoms with Crippen LogP contribution in [-0.4, -0.2) is 42.3 Å². The van der Waals surface area contributed by atoms with E-state index in [1.807, 2.05) is 0 Å². The Bertz CT molecular complexity index is 261. The zero-order chi connectivity index (χ0) is 13.7. The van der Waals surface area contributed by atoms with Gasteiger partial charge in [-0.3, -0.25) is 4.90 Å². The van der Waals surface area contributed by atoms with Gasteiger partial charge in [0.25, 0.3) is 0 Å². The third-order valence-corrected chi connectivity index (χ3v) is 4.73. The fourth-order valence-electron chi connectivity index (χ4n) is 3.63. The van der Waals surface area contributed by atoms with Gasteiger partial charge in [0.2, 0.25) is 0 Å². The first kappa shape index (κ1) is 15.3. The Morgan fingerprint density at radius 3 is 2.47 bits per heavy atom. The molecule has 3 nitrogen and oxygen atoms in total. The standard InChI is InChI=1S/C16H32N2O/c1-16(2)10-9-15(19-16)13-18(12-6-11-17)14-7-4-3-5-8-14/h14-15H,3-13,17H2,1-2H3. The molecule has 3 heteroatoms. The Morgan fingerprint density at radius 2 is 1.89 bits per heavy atom. The van der Waals surface area contributed by atoms with Crippen LogP contribution in [0.25, 0.3) is 0 Å². The van der Waals surface area contributed by atoms with Gasteiger partial charge in [-0.2, -0.15) is 0 Å². The van der Waals surface area contributed by atoms with Crippen molar-refractivity contribution in [1.82, 2.24) is 4.90 Å². The summed E-state index contributed by atoms with van der Waals surface area (Å²) in [6.07, 6.45) is 11.0. The fraction of sp³-hybridized carbons (Fsp3) is 1.00. The average Bonchev–Trinajstić information content (AvgIpc) is 2.75. The van der Waals surface area contributed by atoms with Gasteiger partial charge in [0.1, 0.15) is 0 Å². The number of hydrogen-bond donors (Lipinski definition) is 1. The molecule has 0 aromatic heterocycles. The van der Waals surface area contributed by atoms with Crippen molar-refractivity contribution in [3.63, 3.8) is 0 Å². The zero-order valence-electron chi connectivity index (χ0n) is 12.9. The summed E-state index contributed by atoms with van der Waals surface area (Å²) in [7, 11) is 0. The third-order valence-electron chi connectivity index (χ3n) is 4.73. The molecule has 1 saturated heterocycles. The number of nitrogens with two attached hydrogens (primary N) is 1. The Balaban J connectivity index is 1.86. The highest BCUT2D eigenvalue weighted by Gasteiger charge is 2.33. The lowest BCUT2D eigenvalue weighted by Gasteiger charge is -2.36. The van der Waals surface area contributed by atoms with Crippen molar-refractivity contribution < 1.29 is 4.74 Å². The van der Waals surface area contributed by atoms with Crippen LogP contribution in [0.5, 0.6) is 0 Å². The van der Waals surface area contributed by atoms with E-state index in [2.05, 4.69) is 18.7 Å². The molecule has 1 heterocycles. The molecular weight excluding hydrogens is 236 g/mol. The Hall–Kier alpha value is -0.120. The van der Waals surface area contributed by atoms with E-state index < -0.39 is 0 Å². The minimum atomic E-state index is 0.0940. The second kappa shape index (κ2) is 7.05. The van der Waals surface area contributed by atoms with Crippen LogP contribution in [0.15, 0.2) is 0 Å². The summed E-state index contributed by atoms with van der Waals surface area (Å²) in [4.78, 5) is 2.68. The van der Waals surface area contributed by atoms with E-state index in [1.165, 1.54) is 44.9 Å². The fourth-order valence-corrected chi connectivity index (χ4v) is 3.63. The molecule has 0 radical (unpaired) electrons. The van der Waals surface area contributed by atoms with Crippen LogP contribution in [0.3, 0.4) is 0 Å². The molecule has 1 saturated carbocycles. The highest BCUT2D eigenvalue weighted by molar-refractivity contribution is 4.85. The molecule has 2 N–H and O–H groups in total. The molecule has 1 aliphatic carbocycles. The topological polar surface area (TPSA) is 38.5 Å². The molecule has 2 rings (SSSR count). The Labute approximate surface area is 118 Å². The predicted molar refractivity (Wildman–Crippen MR) is 80.3 cm³/mol. The van der Waals surface area contributed by atoms with E-state index in [1.54, 1.807) is 0 Å². The van der Waals surface area contributed by atoms with Crippen molar-refractivity contribution in [1.29, 1.82) is 0 Å². The number of nitrogens with zero attached hydrogens (tertiary/aromatic N) is 1. The molecule has 2 fully saturated rings. The van der Waals surface area contributed by atoms with Crippen LogP contribution in [0, 0.1) is 0 Å². The van der Waals surface area contributed by atoms with Crippen molar-refractivity contribution in [2.24, 2.45) is 5.73 Å². The quantitative estimate of drug-likeness (QED) is 0.805. The maximum absolute atomic E-state index is 6.18. The number of rotatable bonds is 6. The van der Waals surface area contributed by atoms with E-state index in [4.69, 9.17) is 10.5 Å². The van der Waals surface area contributed by atoms with E-state index >= 15 is 0 Å². The maximum Gasteiger partial charge on any atom is 0.0710 e. The van der Waals surface area contributed by atoms with Gasteiger partial charge in [-0.25, -0.2) is 0 Å². The maximum atomic E-state index is 6.18. The van der Waals surface area contributed by atoms with E-state index in [9.17, 15) is 0 Å². The largest absolute Gasteiger partial charge is 0.371 e. The van der Waals surface area contributed by atoms with Crippen LogP contribution < -0.4 is 5.73 Å². The second-order valence-electron chi connectivity index (χ2n) is 6.97. The summed E-state index contributed by atoms with van der Waals surface area (Å²) < 4.78 is 6.18. The smallest absolute Gasteiger partial charge is 0.0710 e. The van der Waals surface area contributed by atoms with Gasteiger partial charge in [0.15, 0.2) is 0 Å². The first-order valence-corrected chi connectivity index (χ1v) is 8.23. The van der Waals surface area contributed by atoms with E-state index in [0.29, 0.717) is 6.10 Å².